The summed E-state index contributed by atoms with van der Waals surface area (Å²) in [5, 5.41) is 10.1. The Balaban J connectivity index is 1.78. The van der Waals surface area contributed by atoms with Crippen LogP contribution in [-0.2, 0) is 9.53 Å². The smallest absolute Gasteiger partial charge is 0.229 e. The first kappa shape index (κ1) is 13.4. The molecule has 19 heavy (non-hydrogen) atoms. The third kappa shape index (κ3) is 2.19. The second-order valence-electron chi connectivity index (χ2n) is 7.23. The molecule has 0 aromatic carbocycles. The van der Waals surface area contributed by atoms with Crippen LogP contribution in [0, 0.1) is 16.7 Å². The van der Waals surface area contributed by atoms with Gasteiger partial charge in [-0.05, 0) is 31.6 Å². The maximum atomic E-state index is 13.0. The van der Waals surface area contributed by atoms with E-state index in [-0.39, 0.29) is 16.7 Å². The molecule has 0 aromatic rings. The summed E-state index contributed by atoms with van der Waals surface area (Å²) in [7, 11) is 0. The summed E-state index contributed by atoms with van der Waals surface area (Å²) in [5.74, 6) is 0.840. The zero-order chi connectivity index (χ0) is 13.7. The number of likely N-dealkylation sites (tertiary alicyclic amines) is 1. The maximum Gasteiger partial charge on any atom is 0.229 e. The highest BCUT2D eigenvalue weighted by Crippen LogP contribution is 2.53. The molecule has 4 nitrogen and oxygen atoms in total. The van der Waals surface area contributed by atoms with Gasteiger partial charge in [-0.3, -0.25) is 4.79 Å². The normalized spacial score (nSPS) is 33.4. The zero-order valence-corrected chi connectivity index (χ0v) is 12.0. The van der Waals surface area contributed by atoms with Crippen LogP contribution in [0.25, 0.3) is 0 Å². The lowest BCUT2D eigenvalue weighted by molar-refractivity contribution is -0.149. The van der Waals surface area contributed by atoms with Gasteiger partial charge in [0.25, 0.3) is 0 Å². The molecule has 0 bridgehead atoms. The highest BCUT2D eigenvalue weighted by molar-refractivity contribution is 5.84. The topological polar surface area (TPSA) is 49.8 Å². The third-order valence-corrected chi connectivity index (χ3v) is 5.35. The fraction of sp³-hybridized carbons (Fsp3) is 0.933. The van der Waals surface area contributed by atoms with E-state index in [0.29, 0.717) is 32.2 Å². The van der Waals surface area contributed by atoms with Gasteiger partial charge in [-0.1, -0.05) is 13.8 Å². The number of amides is 1. The van der Waals surface area contributed by atoms with Crippen LogP contribution in [0.1, 0.15) is 39.5 Å². The summed E-state index contributed by atoms with van der Waals surface area (Å²) in [4.78, 5) is 14.9. The molecule has 3 fully saturated rings. The van der Waals surface area contributed by atoms with Gasteiger partial charge in [0.2, 0.25) is 5.91 Å². The number of aliphatic hydroxyl groups is 1. The molecule has 3 aliphatic rings. The molecule has 0 spiro atoms. The Morgan fingerprint density at radius 2 is 1.89 bits per heavy atom. The summed E-state index contributed by atoms with van der Waals surface area (Å²) in [5.41, 5.74) is -0.357. The van der Waals surface area contributed by atoms with Crippen LogP contribution in [0.15, 0.2) is 0 Å². The van der Waals surface area contributed by atoms with Crippen molar-refractivity contribution < 1.29 is 14.6 Å². The highest BCUT2D eigenvalue weighted by atomic mass is 16.5. The number of aliphatic hydroxyl groups excluding tert-OH is 1. The minimum absolute atomic E-state index is 0.175. The number of carbonyl (C=O) groups excluding carboxylic acids is 1. The van der Waals surface area contributed by atoms with E-state index in [4.69, 9.17) is 4.74 Å². The van der Waals surface area contributed by atoms with Crippen molar-refractivity contribution in [3.05, 3.63) is 0 Å². The van der Waals surface area contributed by atoms with Crippen LogP contribution in [0.4, 0.5) is 0 Å². The average molecular weight is 267 g/mol. The number of β-amino-alcohol motifs (C(OH)–C–C–N with tert-alkyl or cyclic N) is 1. The van der Waals surface area contributed by atoms with Crippen molar-refractivity contribution in [1.29, 1.82) is 0 Å². The van der Waals surface area contributed by atoms with Crippen molar-refractivity contribution >= 4 is 5.91 Å². The third-order valence-electron chi connectivity index (χ3n) is 5.35. The number of hydrogen-bond acceptors (Lipinski definition) is 3. The van der Waals surface area contributed by atoms with Gasteiger partial charge in [-0.25, -0.2) is 0 Å². The summed E-state index contributed by atoms with van der Waals surface area (Å²) in [6.07, 6.45) is 3.71. The van der Waals surface area contributed by atoms with Gasteiger partial charge < -0.3 is 14.7 Å². The number of nitrogens with zero attached hydrogens (tertiary/aromatic N) is 1. The second-order valence-corrected chi connectivity index (χ2v) is 7.23. The van der Waals surface area contributed by atoms with Crippen LogP contribution < -0.4 is 0 Å². The van der Waals surface area contributed by atoms with Gasteiger partial charge >= 0.3 is 0 Å². The van der Waals surface area contributed by atoms with E-state index < -0.39 is 6.10 Å². The number of carbonyl (C=O) groups is 1. The van der Waals surface area contributed by atoms with E-state index in [1.807, 2.05) is 18.7 Å². The van der Waals surface area contributed by atoms with E-state index in [9.17, 15) is 9.90 Å². The summed E-state index contributed by atoms with van der Waals surface area (Å²) < 4.78 is 5.46. The second kappa shape index (κ2) is 4.45. The Morgan fingerprint density at radius 1 is 1.26 bits per heavy atom. The fourth-order valence-electron chi connectivity index (χ4n) is 3.76. The zero-order valence-electron chi connectivity index (χ0n) is 12.0. The van der Waals surface area contributed by atoms with Gasteiger partial charge in [0.05, 0.1) is 11.5 Å². The van der Waals surface area contributed by atoms with Gasteiger partial charge in [0.1, 0.15) is 0 Å². The van der Waals surface area contributed by atoms with Crippen molar-refractivity contribution in [1.82, 2.24) is 4.90 Å². The van der Waals surface area contributed by atoms with E-state index in [0.717, 1.165) is 12.8 Å². The summed E-state index contributed by atoms with van der Waals surface area (Å²) >= 11 is 0. The van der Waals surface area contributed by atoms with Crippen LogP contribution >= 0.6 is 0 Å². The van der Waals surface area contributed by atoms with Crippen molar-refractivity contribution in [3.8, 4) is 0 Å². The van der Waals surface area contributed by atoms with Gasteiger partial charge in [0.15, 0.2) is 0 Å². The van der Waals surface area contributed by atoms with E-state index in [1.165, 1.54) is 12.8 Å². The predicted molar refractivity (Wildman–Crippen MR) is 71.6 cm³/mol. The van der Waals surface area contributed by atoms with Crippen molar-refractivity contribution in [2.24, 2.45) is 16.7 Å². The molecule has 1 saturated carbocycles. The molecular weight excluding hydrogens is 242 g/mol. The Hall–Kier alpha value is -0.610. The summed E-state index contributed by atoms with van der Waals surface area (Å²) in [6, 6.07) is 0. The molecule has 1 aliphatic carbocycles. The maximum absolute atomic E-state index is 13.0. The van der Waals surface area contributed by atoms with Crippen LogP contribution in [0.3, 0.4) is 0 Å². The lowest BCUT2D eigenvalue weighted by atomic mass is 9.74. The standard InChI is InChI=1S/C15H25NO3/c1-14(2)10-16(9-12(14)17)13(18)15(11-3-4-11)5-7-19-8-6-15/h11-12,17H,3-10H2,1-2H3/t12-/m1/s1. The van der Waals surface area contributed by atoms with Gasteiger partial charge in [-0.2, -0.15) is 0 Å². The van der Waals surface area contributed by atoms with Crippen LogP contribution in [0.2, 0.25) is 0 Å². The first-order valence-electron chi connectivity index (χ1n) is 7.51. The minimum atomic E-state index is -0.396. The molecule has 2 saturated heterocycles. The van der Waals surface area contributed by atoms with E-state index >= 15 is 0 Å². The van der Waals surface area contributed by atoms with Crippen molar-refractivity contribution in [2.75, 3.05) is 26.3 Å². The molecule has 1 atom stereocenters. The Morgan fingerprint density at radius 3 is 2.37 bits per heavy atom. The first-order chi connectivity index (χ1) is 8.96. The highest BCUT2D eigenvalue weighted by Gasteiger charge is 2.54. The molecule has 0 unspecified atom stereocenters. The lowest BCUT2D eigenvalue weighted by Gasteiger charge is -2.39. The molecular formula is C15H25NO3. The average Bonchev–Trinajstić information content (AvgIpc) is 3.18. The SMILES string of the molecule is CC1(C)CN(C(=O)C2(C3CC3)CCOCC2)C[C@H]1O. The van der Waals surface area contributed by atoms with Crippen LogP contribution in [0.5, 0.6) is 0 Å². The Labute approximate surface area is 115 Å². The quantitative estimate of drug-likeness (QED) is 0.823. The molecule has 1 amide bonds. The first-order valence-corrected chi connectivity index (χ1v) is 7.51. The predicted octanol–water partition coefficient (Wildman–Crippen LogP) is 1.42. The van der Waals surface area contributed by atoms with E-state index in [1.54, 1.807) is 0 Å². The molecule has 2 heterocycles. The molecule has 4 heteroatoms. The molecule has 1 N–H and O–H groups in total. The minimum Gasteiger partial charge on any atom is -0.391 e. The Bertz CT molecular complexity index is 370. The molecule has 108 valence electrons. The number of hydrogen-bond donors (Lipinski definition) is 1. The van der Waals surface area contributed by atoms with Crippen molar-refractivity contribution in [3.63, 3.8) is 0 Å². The monoisotopic (exact) mass is 267 g/mol. The molecule has 0 aromatic heterocycles. The van der Waals surface area contributed by atoms with E-state index in [2.05, 4.69) is 0 Å². The largest absolute Gasteiger partial charge is 0.391 e. The number of rotatable bonds is 2. The number of ether oxygens (including phenoxy) is 1. The van der Waals surface area contributed by atoms with Crippen LogP contribution in [-0.4, -0.2) is 48.3 Å². The molecule has 0 radical (unpaired) electrons. The Kier molecular flexibility index (Phi) is 3.13. The van der Waals surface area contributed by atoms with Gasteiger partial charge in [-0.15, -0.1) is 0 Å². The van der Waals surface area contributed by atoms with Gasteiger partial charge in [0, 0.05) is 31.7 Å². The summed E-state index contributed by atoms with van der Waals surface area (Å²) in [6.45, 7) is 6.69. The van der Waals surface area contributed by atoms with Crippen molar-refractivity contribution in [2.45, 2.75) is 45.6 Å². The lowest BCUT2D eigenvalue weighted by Crippen LogP contribution is -2.48. The fourth-order valence-corrected chi connectivity index (χ4v) is 3.76. The molecule has 2 aliphatic heterocycles. The molecule has 3 rings (SSSR count).